The van der Waals surface area contributed by atoms with Crippen LogP contribution in [0.4, 0.5) is 0 Å². The van der Waals surface area contributed by atoms with Crippen LogP contribution in [0.2, 0.25) is 0 Å². The van der Waals surface area contributed by atoms with E-state index in [0.717, 1.165) is 12.8 Å². The van der Waals surface area contributed by atoms with Crippen molar-refractivity contribution in [2.45, 2.75) is 39.5 Å². The predicted molar refractivity (Wildman–Crippen MR) is 68.4 cm³/mol. The Morgan fingerprint density at radius 3 is 2.50 bits per heavy atom. The highest BCUT2D eigenvalue weighted by atomic mass is 16.5. The van der Waals surface area contributed by atoms with Gasteiger partial charge in [-0.25, -0.2) is 0 Å². The first-order valence-electron chi connectivity index (χ1n) is 6.87. The summed E-state index contributed by atoms with van der Waals surface area (Å²) in [5.74, 6) is 0.441. The van der Waals surface area contributed by atoms with Crippen LogP contribution >= 0.6 is 0 Å². The summed E-state index contributed by atoms with van der Waals surface area (Å²) in [7, 11) is 0. The lowest BCUT2D eigenvalue weighted by Crippen LogP contribution is -2.33. The van der Waals surface area contributed by atoms with Gasteiger partial charge in [-0.15, -0.1) is 0 Å². The lowest BCUT2D eigenvalue weighted by Gasteiger charge is -2.29. The highest BCUT2D eigenvalue weighted by Crippen LogP contribution is 2.59. The van der Waals surface area contributed by atoms with Crippen molar-refractivity contribution in [3.8, 4) is 6.07 Å². The zero-order valence-corrected chi connectivity index (χ0v) is 11.2. The van der Waals surface area contributed by atoms with Crippen LogP contribution in [0.15, 0.2) is 12.2 Å². The number of rotatable bonds is 4. The summed E-state index contributed by atoms with van der Waals surface area (Å²) in [5, 5.41) is 9.38. The molecule has 3 nitrogen and oxygen atoms in total. The topological polar surface area (TPSA) is 50.1 Å². The molecule has 3 heteroatoms. The van der Waals surface area contributed by atoms with Gasteiger partial charge in [0.05, 0.1) is 12.7 Å². The number of fused-ring (bicyclic) bond motifs is 1. The smallest absolute Gasteiger partial charge is 0.324 e. The van der Waals surface area contributed by atoms with Gasteiger partial charge in [0.2, 0.25) is 0 Å². The monoisotopic (exact) mass is 247 g/mol. The van der Waals surface area contributed by atoms with Crippen LogP contribution in [0.25, 0.3) is 0 Å². The Morgan fingerprint density at radius 1 is 1.50 bits per heavy atom. The fraction of sp³-hybridized carbons (Fsp3) is 0.733. The quantitative estimate of drug-likeness (QED) is 0.566. The Morgan fingerprint density at radius 2 is 2.11 bits per heavy atom. The van der Waals surface area contributed by atoms with Gasteiger partial charge >= 0.3 is 5.97 Å². The van der Waals surface area contributed by atoms with Crippen molar-refractivity contribution < 1.29 is 9.53 Å². The summed E-state index contributed by atoms with van der Waals surface area (Å²) in [4.78, 5) is 12.0. The molecule has 0 spiro atoms. The van der Waals surface area contributed by atoms with E-state index in [4.69, 9.17) is 4.74 Å². The highest BCUT2D eigenvalue weighted by Gasteiger charge is 2.54. The molecule has 4 atom stereocenters. The molecule has 2 fully saturated rings. The second-order valence-electron chi connectivity index (χ2n) is 5.55. The van der Waals surface area contributed by atoms with E-state index in [1.807, 2.05) is 13.0 Å². The first-order valence-corrected chi connectivity index (χ1v) is 6.87. The lowest BCUT2D eigenvalue weighted by atomic mass is 9.73. The number of esters is 1. The number of ether oxygens (including phenoxy) is 1. The maximum atomic E-state index is 12.0. The maximum Gasteiger partial charge on any atom is 0.324 e. The molecule has 0 aromatic carbocycles. The summed E-state index contributed by atoms with van der Waals surface area (Å²) < 4.78 is 5.07. The van der Waals surface area contributed by atoms with Crippen molar-refractivity contribution in [3.05, 3.63) is 12.2 Å². The van der Waals surface area contributed by atoms with Crippen LogP contribution in [0.1, 0.15) is 39.5 Å². The first-order chi connectivity index (χ1) is 8.66. The number of hydrogen-bond donors (Lipinski definition) is 0. The third-order valence-corrected chi connectivity index (χ3v) is 4.58. The Labute approximate surface area is 109 Å². The zero-order valence-electron chi connectivity index (χ0n) is 11.2. The van der Waals surface area contributed by atoms with Gasteiger partial charge in [0, 0.05) is 5.41 Å². The van der Waals surface area contributed by atoms with Crippen LogP contribution in [0, 0.1) is 34.5 Å². The molecule has 2 rings (SSSR count). The van der Waals surface area contributed by atoms with Crippen molar-refractivity contribution in [1.82, 2.24) is 0 Å². The predicted octanol–water partition coefficient (Wildman–Crippen LogP) is 3.07. The third kappa shape index (κ3) is 2.05. The highest BCUT2D eigenvalue weighted by molar-refractivity contribution is 5.77. The maximum absolute atomic E-state index is 12.0. The molecule has 0 saturated heterocycles. The summed E-state index contributed by atoms with van der Waals surface area (Å²) in [6, 6.07) is 2.20. The second-order valence-corrected chi connectivity index (χ2v) is 5.55. The molecule has 2 aliphatic carbocycles. The van der Waals surface area contributed by atoms with Crippen LogP contribution in [0.3, 0.4) is 0 Å². The fourth-order valence-electron chi connectivity index (χ4n) is 3.68. The van der Waals surface area contributed by atoms with E-state index in [1.165, 1.54) is 12.8 Å². The number of carbonyl (C=O) groups is 1. The molecule has 0 radical (unpaired) electrons. The van der Waals surface area contributed by atoms with Gasteiger partial charge in [-0.05, 0) is 51.4 Å². The minimum atomic E-state index is -0.640. The number of nitrogens with zero attached hydrogens (tertiary/aromatic N) is 1. The van der Waals surface area contributed by atoms with Crippen molar-refractivity contribution in [3.63, 3.8) is 0 Å². The average molecular weight is 247 g/mol. The summed E-state index contributed by atoms with van der Waals surface area (Å²) >= 11 is 0. The lowest BCUT2D eigenvalue weighted by molar-refractivity contribution is -0.149. The molecule has 2 unspecified atom stereocenters. The van der Waals surface area contributed by atoms with Crippen LogP contribution in [-0.4, -0.2) is 12.6 Å². The molecule has 98 valence electrons. The Bertz CT molecular complexity index is 382. The molecule has 2 aliphatic rings. The Hall–Kier alpha value is -1.30. The molecule has 18 heavy (non-hydrogen) atoms. The molecule has 0 bridgehead atoms. The molecule has 2 saturated carbocycles. The van der Waals surface area contributed by atoms with E-state index < -0.39 is 5.92 Å². The Kier molecular flexibility index (Phi) is 3.75. The summed E-state index contributed by atoms with van der Waals surface area (Å²) in [5.41, 5.74) is -0.276. The van der Waals surface area contributed by atoms with E-state index in [2.05, 4.69) is 12.1 Å². The molecular weight excluding hydrogens is 226 g/mol. The summed E-state index contributed by atoms with van der Waals surface area (Å²) in [6.07, 6.45) is 8.51. The zero-order chi connectivity index (χ0) is 13.2. The SMILES string of the molecule is C/C=C/C1(C(C#N)C(=O)OCC)C[C@H]2CC[C@H]2C1. The minimum absolute atomic E-state index is 0.276. The van der Waals surface area contributed by atoms with Gasteiger partial charge < -0.3 is 4.74 Å². The molecule has 0 aromatic rings. The van der Waals surface area contributed by atoms with Crippen LogP contribution in [-0.2, 0) is 9.53 Å². The molecule has 0 amide bonds. The van der Waals surface area contributed by atoms with Crippen molar-refractivity contribution in [2.75, 3.05) is 6.61 Å². The molecule has 0 aromatic heterocycles. The Balaban J connectivity index is 2.23. The van der Waals surface area contributed by atoms with Gasteiger partial charge in [-0.3, -0.25) is 4.79 Å². The van der Waals surface area contributed by atoms with Crippen molar-refractivity contribution in [1.29, 1.82) is 5.26 Å². The standard InChI is InChI=1S/C15H21NO2/c1-3-7-15(8-11-5-6-12(11)9-15)13(10-16)14(17)18-4-2/h3,7,11-13H,4-6,8-9H2,1-2H3/b7-3+/t11-,12+,13?,15?. The molecule has 0 heterocycles. The molecule has 0 aliphatic heterocycles. The van der Waals surface area contributed by atoms with Crippen molar-refractivity contribution in [2.24, 2.45) is 23.2 Å². The third-order valence-electron chi connectivity index (χ3n) is 4.58. The average Bonchev–Trinajstić information content (AvgIpc) is 2.56. The number of nitriles is 1. The first kappa shape index (κ1) is 13.1. The van der Waals surface area contributed by atoms with E-state index in [9.17, 15) is 10.1 Å². The van der Waals surface area contributed by atoms with Gasteiger partial charge in [0.1, 0.15) is 0 Å². The van der Waals surface area contributed by atoms with Gasteiger partial charge in [0.25, 0.3) is 0 Å². The largest absolute Gasteiger partial charge is 0.465 e. The van der Waals surface area contributed by atoms with Crippen LogP contribution in [0.5, 0.6) is 0 Å². The van der Waals surface area contributed by atoms with Gasteiger partial charge in [-0.1, -0.05) is 12.2 Å². The number of allylic oxidation sites excluding steroid dienone is 2. The number of carbonyl (C=O) groups excluding carboxylic acids is 1. The minimum Gasteiger partial charge on any atom is -0.465 e. The van der Waals surface area contributed by atoms with Gasteiger partial charge in [0.15, 0.2) is 5.92 Å². The van der Waals surface area contributed by atoms with E-state index >= 15 is 0 Å². The van der Waals surface area contributed by atoms with E-state index in [1.54, 1.807) is 6.92 Å². The second kappa shape index (κ2) is 5.14. The normalized spacial score (nSPS) is 35.6. The van der Waals surface area contributed by atoms with Gasteiger partial charge in [-0.2, -0.15) is 5.26 Å². The van der Waals surface area contributed by atoms with E-state index in [0.29, 0.717) is 18.4 Å². The summed E-state index contributed by atoms with van der Waals surface area (Å²) in [6.45, 7) is 4.09. The molecular formula is C15H21NO2. The van der Waals surface area contributed by atoms with Crippen molar-refractivity contribution >= 4 is 5.97 Å². The number of hydrogen-bond acceptors (Lipinski definition) is 3. The molecule has 0 N–H and O–H groups in total. The fourth-order valence-corrected chi connectivity index (χ4v) is 3.68. The van der Waals surface area contributed by atoms with Crippen LogP contribution < -0.4 is 0 Å². The van der Waals surface area contributed by atoms with E-state index in [-0.39, 0.29) is 11.4 Å².